The number of ether oxygens (including phenoxy) is 1. The molecule has 1 aromatic rings. The molecule has 0 heterocycles. The number of amides is 5. The number of unbranched alkanes of at least 4 members (excludes halogenated alkanes) is 9. The number of rotatable bonds is 33. The molecule has 0 saturated heterocycles. The third-order valence-electron chi connectivity index (χ3n) is 10.1. The van der Waals surface area contributed by atoms with E-state index >= 15 is 0 Å². The largest absolute Gasteiger partial charge is 0.394 e. The van der Waals surface area contributed by atoms with Crippen molar-refractivity contribution in [3.63, 3.8) is 0 Å². The van der Waals surface area contributed by atoms with Crippen molar-refractivity contribution in [2.24, 2.45) is 17.4 Å². The fourth-order valence-corrected chi connectivity index (χ4v) is 6.36. The zero-order valence-electron chi connectivity index (χ0n) is 36.7. The van der Waals surface area contributed by atoms with Gasteiger partial charge in [0.25, 0.3) is 0 Å². The zero-order chi connectivity index (χ0) is 44.9. The quantitative estimate of drug-likeness (QED) is 0.0275. The summed E-state index contributed by atoms with van der Waals surface area (Å²) >= 11 is 0. The first kappa shape index (κ1) is 53.7. The van der Waals surface area contributed by atoms with E-state index in [1.807, 2.05) is 0 Å². The zero-order valence-corrected chi connectivity index (χ0v) is 36.7. The van der Waals surface area contributed by atoms with Crippen LogP contribution in [0.2, 0.25) is 0 Å². The van der Waals surface area contributed by atoms with E-state index in [-0.39, 0.29) is 45.0 Å². The molecular weight excluding hydrogens is 771 g/mol. The van der Waals surface area contributed by atoms with Crippen LogP contribution in [0.25, 0.3) is 0 Å². The van der Waals surface area contributed by atoms with Crippen molar-refractivity contribution in [2.45, 2.75) is 167 Å². The topological polar surface area (TPSA) is 283 Å². The fraction of sp³-hybridized carbons (Fsp3) is 0.721. The summed E-state index contributed by atoms with van der Waals surface area (Å²) in [7, 11) is 0. The summed E-state index contributed by atoms with van der Waals surface area (Å²) < 4.78 is 5.70. The predicted molar refractivity (Wildman–Crippen MR) is 233 cm³/mol. The number of guanidine groups is 1. The first-order valence-corrected chi connectivity index (χ1v) is 21.9. The van der Waals surface area contributed by atoms with Crippen molar-refractivity contribution >= 4 is 35.5 Å². The summed E-state index contributed by atoms with van der Waals surface area (Å²) in [6.45, 7) is 9.30. The van der Waals surface area contributed by atoms with Crippen LogP contribution in [0.4, 0.5) is 0 Å². The Balaban J connectivity index is 2.92. The van der Waals surface area contributed by atoms with Crippen molar-refractivity contribution in [2.75, 3.05) is 26.4 Å². The molecule has 342 valence electrons. The number of carbonyl (C=O) groups excluding carboxylic acids is 5. The van der Waals surface area contributed by atoms with E-state index in [2.05, 4.69) is 38.8 Å². The summed E-state index contributed by atoms with van der Waals surface area (Å²) in [6.07, 6.45) is 11.5. The van der Waals surface area contributed by atoms with Crippen LogP contribution in [-0.4, -0.2) is 114 Å². The Bertz CT molecular complexity index is 1400. The second-order valence-corrected chi connectivity index (χ2v) is 16.0. The molecule has 0 aliphatic heterocycles. The molecule has 0 aliphatic rings. The molecule has 60 heavy (non-hydrogen) atoms. The highest BCUT2D eigenvalue weighted by Crippen LogP contribution is 2.12. The molecule has 0 fully saturated rings. The van der Waals surface area contributed by atoms with Crippen LogP contribution in [0, 0.1) is 11.3 Å². The number of hydrogen-bond acceptors (Lipinski definition) is 10. The summed E-state index contributed by atoms with van der Waals surface area (Å²) in [5.41, 5.74) is 12.2. The molecule has 1 unspecified atom stereocenters. The van der Waals surface area contributed by atoms with Crippen molar-refractivity contribution < 1.29 is 38.9 Å². The van der Waals surface area contributed by atoms with E-state index in [1.165, 1.54) is 58.3 Å². The maximum atomic E-state index is 13.9. The SMILES string of the molecule is CCCCCCCCCCCCOCCC(N)C(=O)N[C@H](C(=O)N[C@H](C(=O)N[C@@H](Cc1ccccc1)C(=O)N[C@@H](CCCNC(=N)N)C(=O)N[C@H](C)CO)C(C)C)[C@@H](C)O. The maximum absolute atomic E-state index is 13.9. The van der Waals surface area contributed by atoms with Crippen molar-refractivity contribution in [1.29, 1.82) is 5.41 Å². The van der Waals surface area contributed by atoms with Gasteiger partial charge in [0.1, 0.15) is 24.2 Å². The highest BCUT2D eigenvalue weighted by molar-refractivity contribution is 5.96. The Hall–Kier alpha value is -4.32. The molecule has 17 heteroatoms. The van der Waals surface area contributed by atoms with Crippen LogP contribution in [0.15, 0.2) is 30.3 Å². The minimum Gasteiger partial charge on any atom is -0.394 e. The predicted octanol–water partition coefficient (Wildman–Crippen LogP) is 1.62. The van der Waals surface area contributed by atoms with Gasteiger partial charge >= 0.3 is 0 Å². The van der Waals surface area contributed by atoms with Crippen LogP contribution in [0.1, 0.15) is 124 Å². The molecule has 0 spiro atoms. The normalized spacial score (nSPS) is 14.8. The van der Waals surface area contributed by atoms with E-state index < -0.39 is 77.8 Å². The minimum atomic E-state index is -1.44. The molecule has 0 saturated carbocycles. The van der Waals surface area contributed by atoms with Crippen molar-refractivity contribution in [3.05, 3.63) is 35.9 Å². The Morgan fingerprint density at radius 1 is 0.683 bits per heavy atom. The minimum absolute atomic E-state index is 0.0393. The molecule has 7 atom stereocenters. The molecular formula is C43H77N9O8. The van der Waals surface area contributed by atoms with Gasteiger partial charge < -0.3 is 58.3 Å². The van der Waals surface area contributed by atoms with E-state index in [4.69, 9.17) is 21.6 Å². The maximum Gasteiger partial charge on any atom is 0.245 e. The summed E-state index contributed by atoms with van der Waals surface area (Å²) in [4.78, 5) is 67.5. The first-order valence-electron chi connectivity index (χ1n) is 21.9. The Kier molecular flexibility index (Phi) is 28.2. The molecule has 1 rings (SSSR count). The van der Waals surface area contributed by atoms with Gasteiger partial charge in [0.2, 0.25) is 29.5 Å². The van der Waals surface area contributed by atoms with Crippen LogP contribution in [-0.2, 0) is 35.1 Å². The molecule has 0 aliphatic carbocycles. The van der Waals surface area contributed by atoms with Gasteiger partial charge in [-0.1, -0.05) is 109 Å². The number of carbonyl (C=O) groups is 5. The molecule has 13 N–H and O–H groups in total. The summed E-state index contributed by atoms with van der Waals surface area (Å²) in [6, 6.07) is 2.43. The third kappa shape index (κ3) is 23.5. The van der Waals surface area contributed by atoms with Gasteiger partial charge in [0.05, 0.1) is 18.8 Å². The second-order valence-electron chi connectivity index (χ2n) is 16.0. The van der Waals surface area contributed by atoms with Gasteiger partial charge in [-0.05, 0) is 51.0 Å². The van der Waals surface area contributed by atoms with Gasteiger partial charge in [-0.15, -0.1) is 0 Å². The smallest absolute Gasteiger partial charge is 0.245 e. The van der Waals surface area contributed by atoms with E-state index in [0.717, 1.165) is 12.8 Å². The molecule has 5 amide bonds. The van der Waals surface area contributed by atoms with Gasteiger partial charge in [-0.25, -0.2) is 0 Å². The number of benzene rings is 1. The average molecular weight is 848 g/mol. The molecule has 0 radical (unpaired) electrons. The van der Waals surface area contributed by atoms with E-state index in [0.29, 0.717) is 18.6 Å². The Morgan fingerprint density at radius 2 is 1.23 bits per heavy atom. The number of aliphatic hydroxyl groups excluding tert-OH is 2. The highest BCUT2D eigenvalue weighted by Gasteiger charge is 2.34. The third-order valence-corrected chi connectivity index (χ3v) is 10.1. The molecule has 1 aromatic carbocycles. The second kappa shape index (κ2) is 31.5. The van der Waals surface area contributed by atoms with Gasteiger partial charge in [-0.3, -0.25) is 29.4 Å². The number of nitrogens with two attached hydrogens (primary N) is 2. The van der Waals surface area contributed by atoms with Crippen LogP contribution >= 0.6 is 0 Å². The lowest BCUT2D eigenvalue weighted by Crippen LogP contribution is -2.62. The van der Waals surface area contributed by atoms with Crippen LogP contribution in [0.5, 0.6) is 0 Å². The van der Waals surface area contributed by atoms with Crippen molar-refractivity contribution in [1.82, 2.24) is 31.9 Å². The van der Waals surface area contributed by atoms with Crippen LogP contribution in [0.3, 0.4) is 0 Å². The Labute approximate surface area is 357 Å². The van der Waals surface area contributed by atoms with Gasteiger partial charge in [0, 0.05) is 32.2 Å². The molecule has 0 bridgehead atoms. The lowest BCUT2D eigenvalue weighted by molar-refractivity contribution is -0.136. The first-order chi connectivity index (χ1) is 28.6. The Morgan fingerprint density at radius 3 is 1.80 bits per heavy atom. The van der Waals surface area contributed by atoms with Crippen molar-refractivity contribution in [3.8, 4) is 0 Å². The van der Waals surface area contributed by atoms with Gasteiger partial charge in [-0.2, -0.15) is 0 Å². The molecule has 17 nitrogen and oxygen atoms in total. The average Bonchev–Trinajstić information content (AvgIpc) is 3.20. The van der Waals surface area contributed by atoms with Gasteiger partial charge in [0.15, 0.2) is 5.96 Å². The molecule has 0 aromatic heterocycles. The van der Waals surface area contributed by atoms with E-state index in [1.54, 1.807) is 51.1 Å². The summed E-state index contributed by atoms with van der Waals surface area (Å²) in [5.74, 6) is -4.15. The number of aliphatic hydroxyl groups is 2. The highest BCUT2D eigenvalue weighted by atomic mass is 16.5. The fourth-order valence-electron chi connectivity index (χ4n) is 6.36. The lowest BCUT2D eigenvalue weighted by Gasteiger charge is -2.29. The summed E-state index contributed by atoms with van der Waals surface area (Å²) in [5, 5.41) is 43.3. The monoisotopic (exact) mass is 848 g/mol. The van der Waals surface area contributed by atoms with Crippen LogP contribution < -0.4 is 43.4 Å². The standard InChI is InChI=1S/C43H77N9O8/c1-6-7-8-9-10-11-12-13-14-18-25-60-26-23-33(44)38(55)52-37(31(5)54)42(59)51-36(29(2)3)41(58)50-35(27-32-20-16-15-17-21-32)40(57)49-34(22-19-24-47-43(45)46)39(56)48-30(4)28-53/h15-17,20-21,29-31,33-37,53-54H,6-14,18-19,22-28,44H2,1-5H3,(H,48,56)(H,49,57)(H,50,58)(H,51,59)(H,52,55)(H4,45,46,47)/t30-,31-,33?,34+,35+,36+,37+/m1/s1. The van der Waals surface area contributed by atoms with E-state index in [9.17, 15) is 34.2 Å². The number of hydrogen-bond donors (Lipinski definition) is 11. The number of nitrogens with one attached hydrogen (secondary N) is 7. The lowest BCUT2D eigenvalue weighted by atomic mass is 9.99.